The molecule has 0 spiro atoms. The maximum atomic E-state index is 11.8. The highest BCUT2D eigenvalue weighted by Gasteiger charge is 2.06. The highest BCUT2D eigenvalue weighted by Crippen LogP contribution is 2.14. The number of carbonyl (C=O) groups excluding carboxylic acids is 1. The Hall–Kier alpha value is -1.61. The zero-order valence-electron chi connectivity index (χ0n) is 9.68. The second-order valence-electron chi connectivity index (χ2n) is 3.82. The lowest BCUT2D eigenvalue weighted by atomic mass is 10.1. The fourth-order valence-corrected chi connectivity index (χ4v) is 2.37. The number of ketones is 1. The molecule has 2 aromatic rings. The standard InChI is InChI=1S/C14H14O2S/c1-16-13-6-4-11(5-7-13)9-12(15)10-14-3-2-8-17-14/h2-8H,9-10H2,1H3. The molecule has 88 valence electrons. The van der Waals surface area contributed by atoms with Crippen LogP contribution in [-0.2, 0) is 17.6 Å². The monoisotopic (exact) mass is 246 g/mol. The van der Waals surface area contributed by atoms with Gasteiger partial charge in [0.25, 0.3) is 0 Å². The van der Waals surface area contributed by atoms with E-state index in [9.17, 15) is 4.79 Å². The van der Waals surface area contributed by atoms with Gasteiger partial charge in [0, 0.05) is 17.7 Å². The van der Waals surface area contributed by atoms with Crippen molar-refractivity contribution < 1.29 is 9.53 Å². The summed E-state index contributed by atoms with van der Waals surface area (Å²) in [7, 11) is 1.64. The second kappa shape index (κ2) is 5.64. The molecular formula is C14H14O2S. The number of carbonyl (C=O) groups is 1. The number of hydrogen-bond donors (Lipinski definition) is 0. The first-order valence-corrected chi connectivity index (χ1v) is 6.33. The summed E-state index contributed by atoms with van der Waals surface area (Å²) < 4.78 is 5.08. The van der Waals surface area contributed by atoms with E-state index in [4.69, 9.17) is 4.74 Å². The molecule has 0 atom stereocenters. The summed E-state index contributed by atoms with van der Waals surface area (Å²) in [6.07, 6.45) is 1.02. The van der Waals surface area contributed by atoms with Crippen LogP contribution in [0.15, 0.2) is 41.8 Å². The molecule has 0 fully saturated rings. The van der Waals surface area contributed by atoms with Crippen LogP contribution < -0.4 is 4.74 Å². The third-order valence-corrected chi connectivity index (χ3v) is 3.39. The first-order valence-electron chi connectivity index (χ1n) is 5.45. The summed E-state index contributed by atoms with van der Waals surface area (Å²) in [6.45, 7) is 0. The fourth-order valence-electron chi connectivity index (χ4n) is 1.64. The van der Waals surface area contributed by atoms with E-state index in [1.54, 1.807) is 18.4 Å². The molecule has 2 nitrogen and oxygen atoms in total. The number of methoxy groups -OCH3 is 1. The quantitative estimate of drug-likeness (QED) is 0.810. The number of ether oxygens (including phenoxy) is 1. The Morgan fingerprint density at radius 1 is 1.18 bits per heavy atom. The van der Waals surface area contributed by atoms with Crippen molar-refractivity contribution in [3.05, 3.63) is 52.2 Å². The van der Waals surface area contributed by atoms with Crippen molar-refractivity contribution in [1.82, 2.24) is 0 Å². The lowest BCUT2D eigenvalue weighted by Crippen LogP contribution is -2.05. The van der Waals surface area contributed by atoms with Crippen molar-refractivity contribution in [2.24, 2.45) is 0 Å². The molecule has 0 saturated carbocycles. The molecule has 0 aliphatic carbocycles. The van der Waals surface area contributed by atoms with Crippen molar-refractivity contribution in [2.75, 3.05) is 7.11 Å². The number of benzene rings is 1. The van der Waals surface area contributed by atoms with Crippen LogP contribution in [0.5, 0.6) is 5.75 Å². The Kier molecular flexibility index (Phi) is 3.94. The van der Waals surface area contributed by atoms with Gasteiger partial charge in [-0.3, -0.25) is 4.79 Å². The van der Waals surface area contributed by atoms with E-state index in [2.05, 4.69) is 0 Å². The van der Waals surface area contributed by atoms with E-state index >= 15 is 0 Å². The molecule has 1 aromatic carbocycles. The van der Waals surface area contributed by atoms with Crippen LogP contribution in [0.25, 0.3) is 0 Å². The lowest BCUT2D eigenvalue weighted by molar-refractivity contribution is -0.117. The number of thiophene rings is 1. The normalized spacial score (nSPS) is 10.2. The van der Waals surface area contributed by atoms with Gasteiger partial charge in [0.15, 0.2) is 0 Å². The minimum absolute atomic E-state index is 0.248. The SMILES string of the molecule is COc1ccc(CC(=O)Cc2cccs2)cc1. The van der Waals surface area contributed by atoms with Gasteiger partial charge in [-0.2, -0.15) is 0 Å². The van der Waals surface area contributed by atoms with Gasteiger partial charge in [0.1, 0.15) is 11.5 Å². The van der Waals surface area contributed by atoms with Gasteiger partial charge in [-0.1, -0.05) is 18.2 Å². The van der Waals surface area contributed by atoms with Crippen LogP contribution in [0.4, 0.5) is 0 Å². The number of rotatable bonds is 5. The van der Waals surface area contributed by atoms with Gasteiger partial charge in [-0.15, -0.1) is 11.3 Å². The van der Waals surface area contributed by atoms with Crippen LogP contribution in [-0.4, -0.2) is 12.9 Å². The third-order valence-electron chi connectivity index (χ3n) is 2.51. The smallest absolute Gasteiger partial charge is 0.142 e. The predicted octanol–water partition coefficient (Wildman–Crippen LogP) is 3.11. The van der Waals surface area contributed by atoms with E-state index in [1.165, 1.54) is 0 Å². The summed E-state index contributed by atoms with van der Waals surface area (Å²) in [6, 6.07) is 11.6. The molecule has 17 heavy (non-hydrogen) atoms. The van der Waals surface area contributed by atoms with Gasteiger partial charge in [-0.05, 0) is 29.1 Å². The molecule has 0 radical (unpaired) electrons. The molecule has 0 aliphatic heterocycles. The van der Waals surface area contributed by atoms with Crippen LogP contribution in [0.3, 0.4) is 0 Å². The Morgan fingerprint density at radius 3 is 2.53 bits per heavy atom. The highest BCUT2D eigenvalue weighted by molar-refractivity contribution is 7.10. The molecule has 1 heterocycles. The van der Waals surface area contributed by atoms with Gasteiger partial charge < -0.3 is 4.74 Å². The average Bonchev–Trinajstić information content (AvgIpc) is 2.82. The Labute approximate surface area is 105 Å². The van der Waals surface area contributed by atoms with Crippen molar-refractivity contribution in [3.63, 3.8) is 0 Å². The van der Waals surface area contributed by atoms with Crippen molar-refractivity contribution in [2.45, 2.75) is 12.8 Å². The van der Waals surface area contributed by atoms with Gasteiger partial charge in [0.05, 0.1) is 7.11 Å². The van der Waals surface area contributed by atoms with Crippen molar-refractivity contribution in [3.8, 4) is 5.75 Å². The molecular weight excluding hydrogens is 232 g/mol. The molecule has 2 rings (SSSR count). The van der Waals surface area contributed by atoms with Crippen LogP contribution in [0, 0.1) is 0 Å². The summed E-state index contributed by atoms with van der Waals surface area (Å²) in [4.78, 5) is 12.9. The highest BCUT2D eigenvalue weighted by atomic mass is 32.1. The first kappa shape index (κ1) is 11.9. The third kappa shape index (κ3) is 3.43. The van der Waals surface area contributed by atoms with Crippen molar-refractivity contribution >= 4 is 17.1 Å². The predicted molar refractivity (Wildman–Crippen MR) is 69.7 cm³/mol. The fraction of sp³-hybridized carbons (Fsp3) is 0.214. The lowest BCUT2D eigenvalue weighted by Gasteiger charge is -2.02. The maximum absolute atomic E-state index is 11.8. The molecule has 0 aliphatic rings. The van der Waals surface area contributed by atoms with E-state index in [1.807, 2.05) is 41.8 Å². The molecule has 0 bridgehead atoms. The van der Waals surface area contributed by atoms with Crippen molar-refractivity contribution in [1.29, 1.82) is 0 Å². The van der Waals surface area contributed by atoms with Crippen LogP contribution in [0.2, 0.25) is 0 Å². The molecule has 0 amide bonds. The molecule has 0 saturated heterocycles. The Morgan fingerprint density at radius 2 is 1.94 bits per heavy atom. The molecule has 3 heteroatoms. The zero-order valence-corrected chi connectivity index (χ0v) is 10.5. The minimum atomic E-state index is 0.248. The second-order valence-corrected chi connectivity index (χ2v) is 4.85. The van der Waals surface area contributed by atoms with E-state index in [-0.39, 0.29) is 5.78 Å². The van der Waals surface area contributed by atoms with E-state index in [0.717, 1.165) is 16.2 Å². The van der Waals surface area contributed by atoms with Gasteiger partial charge in [0.2, 0.25) is 0 Å². The van der Waals surface area contributed by atoms with E-state index in [0.29, 0.717) is 12.8 Å². The van der Waals surface area contributed by atoms with Gasteiger partial charge >= 0.3 is 0 Å². The summed E-state index contributed by atoms with van der Waals surface area (Å²) in [5, 5.41) is 2.00. The first-order chi connectivity index (χ1) is 8.28. The zero-order chi connectivity index (χ0) is 12.1. The summed E-state index contributed by atoms with van der Waals surface area (Å²) in [5.74, 6) is 1.07. The summed E-state index contributed by atoms with van der Waals surface area (Å²) >= 11 is 1.63. The largest absolute Gasteiger partial charge is 0.497 e. The maximum Gasteiger partial charge on any atom is 0.142 e. The van der Waals surface area contributed by atoms with Gasteiger partial charge in [-0.25, -0.2) is 0 Å². The molecule has 0 unspecified atom stereocenters. The number of hydrogen-bond acceptors (Lipinski definition) is 3. The van der Waals surface area contributed by atoms with Crippen LogP contribution in [0.1, 0.15) is 10.4 Å². The minimum Gasteiger partial charge on any atom is -0.497 e. The topological polar surface area (TPSA) is 26.3 Å². The average molecular weight is 246 g/mol. The summed E-state index contributed by atoms with van der Waals surface area (Å²) in [5.41, 5.74) is 1.03. The van der Waals surface area contributed by atoms with Crippen LogP contribution >= 0.6 is 11.3 Å². The Bertz CT molecular complexity index is 471. The van der Waals surface area contributed by atoms with E-state index < -0.39 is 0 Å². The Balaban J connectivity index is 1.93. The number of Topliss-reactive ketones (excluding diaryl/α,β-unsaturated/α-hetero) is 1. The molecule has 1 aromatic heterocycles. The molecule has 0 N–H and O–H groups in total.